The van der Waals surface area contributed by atoms with E-state index in [0.29, 0.717) is 12.8 Å². The van der Waals surface area contributed by atoms with E-state index in [2.05, 4.69) is 19.7 Å². The second-order valence-electron chi connectivity index (χ2n) is 2.07. The Morgan fingerprint density at radius 2 is 2.00 bits per heavy atom. The highest BCUT2D eigenvalue weighted by Crippen LogP contribution is 2.01. The normalized spacial score (nSPS) is 7.00. The third-order valence-corrected chi connectivity index (χ3v) is 1.04. The van der Waals surface area contributed by atoms with Crippen molar-refractivity contribution in [1.29, 1.82) is 5.26 Å². The monoisotopic (exact) mass is 179 g/mol. The predicted molar refractivity (Wildman–Crippen MR) is 52.0 cm³/mol. The van der Waals surface area contributed by atoms with Crippen molar-refractivity contribution in [2.45, 2.75) is 12.8 Å². The van der Waals surface area contributed by atoms with Crippen LogP contribution < -0.4 is 0 Å². The van der Waals surface area contributed by atoms with Gasteiger partial charge in [-0.15, -0.1) is 6.58 Å². The highest BCUT2D eigenvalue weighted by Gasteiger charge is 1.99. The Kier molecular flexibility index (Phi) is 10.8. The fourth-order valence-corrected chi connectivity index (χ4v) is 0.383. The molecule has 0 aliphatic rings. The predicted octanol–water partition coefficient (Wildman–Crippen LogP) is 2.29. The molecule has 0 spiro atoms. The minimum Gasteiger partial charge on any atom is -0.478 e. The quantitative estimate of drug-likeness (QED) is 0.409. The van der Waals surface area contributed by atoms with Crippen LogP contribution in [0.25, 0.3) is 0 Å². The van der Waals surface area contributed by atoms with Gasteiger partial charge in [0, 0.05) is 11.6 Å². The van der Waals surface area contributed by atoms with Gasteiger partial charge in [-0.3, -0.25) is 0 Å². The Balaban J connectivity index is 0. The summed E-state index contributed by atoms with van der Waals surface area (Å²) in [5.74, 6) is -0.920. The van der Waals surface area contributed by atoms with Gasteiger partial charge in [0.1, 0.15) is 0 Å². The summed E-state index contributed by atoms with van der Waals surface area (Å²) in [6.45, 7) is 9.92. The Bertz CT molecular complexity index is 236. The van der Waals surface area contributed by atoms with Gasteiger partial charge in [0.25, 0.3) is 0 Å². The zero-order chi connectivity index (χ0) is 10.7. The van der Waals surface area contributed by atoms with E-state index in [0.717, 1.165) is 0 Å². The van der Waals surface area contributed by atoms with Crippen LogP contribution in [0.5, 0.6) is 0 Å². The first-order chi connectivity index (χ1) is 6.09. The molecule has 3 nitrogen and oxygen atoms in total. The average Bonchev–Trinajstić information content (AvgIpc) is 2.14. The van der Waals surface area contributed by atoms with Gasteiger partial charge in [-0.1, -0.05) is 19.2 Å². The van der Waals surface area contributed by atoms with Crippen molar-refractivity contribution in [1.82, 2.24) is 0 Å². The Labute approximate surface area is 78.3 Å². The summed E-state index contributed by atoms with van der Waals surface area (Å²) in [6, 6.07) is 1.69. The molecule has 0 aliphatic carbocycles. The van der Waals surface area contributed by atoms with E-state index in [1.807, 2.05) is 0 Å². The molecule has 0 amide bonds. The molecule has 0 saturated heterocycles. The summed E-state index contributed by atoms with van der Waals surface area (Å²) in [4.78, 5) is 10.1. The van der Waals surface area contributed by atoms with Crippen molar-refractivity contribution in [2.24, 2.45) is 0 Å². The number of hydrogen-bond donors (Lipinski definition) is 1. The van der Waals surface area contributed by atoms with Crippen molar-refractivity contribution in [3.63, 3.8) is 0 Å². The van der Waals surface area contributed by atoms with Crippen LogP contribution in [0.3, 0.4) is 0 Å². The molecule has 0 aromatic rings. The van der Waals surface area contributed by atoms with Crippen molar-refractivity contribution < 1.29 is 9.90 Å². The number of carbonyl (C=O) groups is 1. The molecule has 0 aromatic heterocycles. The zero-order valence-corrected chi connectivity index (χ0v) is 7.49. The maximum absolute atomic E-state index is 10.1. The third kappa shape index (κ3) is 13.2. The van der Waals surface area contributed by atoms with Crippen molar-refractivity contribution in [2.75, 3.05) is 0 Å². The first-order valence-corrected chi connectivity index (χ1v) is 3.62. The van der Waals surface area contributed by atoms with Crippen molar-refractivity contribution in [3.8, 4) is 6.07 Å². The van der Waals surface area contributed by atoms with Gasteiger partial charge >= 0.3 is 5.97 Å². The van der Waals surface area contributed by atoms with Crippen LogP contribution in [-0.2, 0) is 4.79 Å². The number of hydrogen-bond acceptors (Lipinski definition) is 2. The number of carboxylic acids is 1. The summed E-state index contributed by atoms with van der Waals surface area (Å²) in [5.41, 5.74) is 0.245. The smallest absolute Gasteiger partial charge is 0.330 e. The van der Waals surface area contributed by atoms with Crippen LogP contribution in [0.1, 0.15) is 12.8 Å². The topological polar surface area (TPSA) is 61.1 Å². The van der Waals surface area contributed by atoms with Crippen LogP contribution in [-0.4, -0.2) is 11.1 Å². The lowest BCUT2D eigenvalue weighted by atomic mass is 10.2. The minimum atomic E-state index is -0.920. The fourth-order valence-electron chi connectivity index (χ4n) is 0.383. The van der Waals surface area contributed by atoms with Crippen LogP contribution >= 0.6 is 0 Å². The number of allylic oxidation sites excluding steroid dienone is 2. The highest BCUT2D eigenvalue weighted by molar-refractivity contribution is 5.85. The number of nitriles is 1. The molecule has 13 heavy (non-hydrogen) atoms. The summed E-state index contributed by atoms with van der Waals surface area (Å²) in [6.07, 6.45) is 4.04. The van der Waals surface area contributed by atoms with E-state index in [1.165, 1.54) is 6.08 Å². The Morgan fingerprint density at radius 3 is 2.23 bits per heavy atom. The molecule has 0 fully saturated rings. The van der Waals surface area contributed by atoms with Crippen molar-refractivity contribution in [3.05, 3.63) is 37.5 Å². The number of aliphatic carboxylic acids is 1. The molecule has 3 heteroatoms. The number of nitrogens with zero attached hydrogens (tertiary/aromatic N) is 1. The van der Waals surface area contributed by atoms with Gasteiger partial charge in [-0.25, -0.2) is 4.79 Å². The first kappa shape index (κ1) is 13.7. The average molecular weight is 179 g/mol. The van der Waals surface area contributed by atoms with Gasteiger partial charge in [0.2, 0.25) is 0 Å². The summed E-state index contributed by atoms with van der Waals surface area (Å²) >= 11 is 0. The number of carboxylic acid groups (broad SMARTS) is 1. The lowest BCUT2D eigenvalue weighted by Gasteiger charge is -1.93. The largest absolute Gasteiger partial charge is 0.478 e. The van der Waals surface area contributed by atoms with Crippen LogP contribution in [0.4, 0.5) is 0 Å². The minimum absolute atomic E-state index is 0.245. The molecule has 70 valence electrons. The summed E-state index contributed by atoms with van der Waals surface area (Å²) in [5, 5.41) is 15.8. The Hall–Kier alpha value is -1.82. The van der Waals surface area contributed by atoms with E-state index in [9.17, 15) is 4.79 Å². The van der Waals surface area contributed by atoms with Crippen LogP contribution in [0.15, 0.2) is 37.5 Å². The maximum Gasteiger partial charge on any atom is 0.330 e. The van der Waals surface area contributed by atoms with Gasteiger partial charge in [0.15, 0.2) is 0 Å². The van der Waals surface area contributed by atoms with Gasteiger partial charge in [-0.05, 0) is 12.8 Å². The zero-order valence-electron chi connectivity index (χ0n) is 7.49. The molecule has 0 bridgehead atoms. The molecule has 1 N–H and O–H groups in total. The maximum atomic E-state index is 10.1. The van der Waals surface area contributed by atoms with Crippen molar-refractivity contribution >= 4 is 5.97 Å². The summed E-state index contributed by atoms with van der Waals surface area (Å²) in [7, 11) is 0. The van der Waals surface area contributed by atoms with E-state index >= 15 is 0 Å². The molecule has 0 atom stereocenters. The first-order valence-electron chi connectivity index (χ1n) is 3.62. The van der Waals surface area contributed by atoms with E-state index in [-0.39, 0.29) is 5.57 Å². The van der Waals surface area contributed by atoms with E-state index in [1.54, 1.807) is 12.1 Å². The van der Waals surface area contributed by atoms with Gasteiger partial charge in [0.05, 0.1) is 6.07 Å². The molecule has 0 radical (unpaired) electrons. The molecule has 0 saturated carbocycles. The third-order valence-electron chi connectivity index (χ3n) is 1.04. The van der Waals surface area contributed by atoms with E-state index in [4.69, 9.17) is 10.4 Å². The second kappa shape index (κ2) is 10.2. The second-order valence-corrected chi connectivity index (χ2v) is 2.07. The standard InChI is InChI=1S/C7H10O2.C3H3N/c1-3-4-5-6(2)7(8)9;1-2-3-4/h3H,1-2,4-5H2,(H,8,9);2H,1H2. The van der Waals surface area contributed by atoms with E-state index < -0.39 is 5.97 Å². The van der Waals surface area contributed by atoms with Crippen LogP contribution in [0, 0.1) is 11.3 Å². The molecule has 0 unspecified atom stereocenters. The molecule has 0 rings (SSSR count). The van der Waals surface area contributed by atoms with Crippen LogP contribution in [0.2, 0.25) is 0 Å². The van der Waals surface area contributed by atoms with Gasteiger partial charge < -0.3 is 5.11 Å². The number of rotatable bonds is 4. The molecule has 0 aliphatic heterocycles. The Morgan fingerprint density at radius 1 is 1.54 bits per heavy atom. The lowest BCUT2D eigenvalue weighted by Crippen LogP contribution is -1.97. The lowest BCUT2D eigenvalue weighted by molar-refractivity contribution is -0.132. The molecular weight excluding hydrogens is 166 g/mol. The highest BCUT2D eigenvalue weighted by atomic mass is 16.4. The molecule has 0 aromatic carbocycles. The SMILES string of the molecule is C=CC#N.C=CCCC(=C)C(=O)O. The fraction of sp³-hybridized carbons (Fsp3) is 0.200. The summed E-state index contributed by atoms with van der Waals surface area (Å²) < 4.78 is 0. The molecular formula is C10H13NO2. The van der Waals surface area contributed by atoms with Gasteiger partial charge in [-0.2, -0.15) is 5.26 Å². The molecule has 0 heterocycles.